The molecule has 3 nitrogen and oxygen atoms in total. The molecule has 0 aromatic carbocycles. The number of anilines is 2. The van der Waals surface area contributed by atoms with Gasteiger partial charge in [0.05, 0.1) is 17.6 Å². The lowest BCUT2D eigenvalue weighted by Gasteiger charge is -2.14. The number of aromatic nitrogens is 1. The van der Waals surface area contributed by atoms with Gasteiger partial charge in [0.2, 0.25) is 0 Å². The fraction of sp³-hybridized carbons (Fsp3) is 0.444. The highest BCUT2D eigenvalue weighted by molar-refractivity contribution is 7.98. The minimum atomic E-state index is 0.430. The number of nitrogens with zero attached hydrogens (tertiary/aromatic N) is 1. The number of thioether (sulfide) groups is 1. The summed E-state index contributed by atoms with van der Waals surface area (Å²) in [7, 11) is 0. The van der Waals surface area contributed by atoms with Gasteiger partial charge in [-0.3, -0.25) is 4.98 Å². The van der Waals surface area contributed by atoms with Gasteiger partial charge >= 0.3 is 0 Å². The number of rotatable bonds is 4. The standard InChI is InChI=1S/C9H15N3S/c1-7(6-13-2)12-9-3-4-11-5-8(9)10/h3-5,7H,6,10H2,1-2H3,(H,11,12). The van der Waals surface area contributed by atoms with Crippen molar-refractivity contribution in [2.45, 2.75) is 13.0 Å². The van der Waals surface area contributed by atoms with Gasteiger partial charge in [0.15, 0.2) is 0 Å². The Labute approximate surface area is 83.1 Å². The number of pyridine rings is 1. The Hall–Kier alpha value is -0.900. The van der Waals surface area contributed by atoms with Gasteiger partial charge in [0, 0.05) is 18.0 Å². The Bertz CT molecular complexity index is 265. The smallest absolute Gasteiger partial charge is 0.0736 e. The fourth-order valence-electron chi connectivity index (χ4n) is 1.10. The van der Waals surface area contributed by atoms with Crippen molar-refractivity contribution in [1.29, 1.82) is 0 Å². The molecule has 0 fully saturated rings. The van der Waals surface area contributed by atoms with Gasteiger partial charge in [-0.05, 0) is 19.2 Å². The first kappa shape index (κ1) is 10.2. The first-order chi connectivity index (χ1) is 6.24. The monoisotopic (exact) mass is 197 g/mol. The summed E-state index contributed by atoms with van der Waals surface area (Å²) in [5, 5.41) is 3.33. The molecule has 1 unspecified atom stereocenters. The number of nitrogen functional groups attached to an aromatic ring is 1. The van der Waals surface area contributed by atoms with Crippen LogP contribution in [0.15, 0.2) is 18.5 Å². The molecule has 1 rings (SSSR count). The first-order valence-electron chi connectivity index (χ1n) is 4.19. The fourth-order valence-corrected chi connectivity index (χ4v) is 1.68. The van der Waals surface area contributed by atoms with E-state index in [1.54, 1.807) is 12.4 Å². The van der Waals surface area contributed by atoms with Crippen LogP contribution in [0.5, 0.6) is 0 Å². The van der Waals surface area contributed by atoms with Gasteiger partial charge in [-0.25, -0.2) is 0 Å². The van der Waals surface area contributed by atoms with E-state index in [9.17, 15) is 0 Å². The minimum absolute atomic E-state index is 0.430. The molecule has 0 saturated heterocycles. The van der Waals surface area contributed by atoms with Crippen molar-refractivity contribution in [3.05, 3.63) is 18.5 Å². The second kappa shape index (κ2) is 4.97. The Morgan fingerprint density at radius 2 is 2.46 bits per heavy atom. The normalized spacial score (nSPS) is 12.5. The lowest BCUT2D eigenvalue weighted by atomic mass is 10.3. The van der Waals surface area contributed by atoms with Crippen LogP contribution >= 0.6 is 11.8 Å². The highest BCUT2D eigenvalue weighted by atomic mass is 32.2. The van der Waals surface area contributed by atoms with Gasteiger partial charge in [-0.15, -0.1) is 0 Å². The van der Waals surface area contributed by atoms with Crippen LogP contribution in [0.25, 0.3) is 0 Å². The molecule has 0 amide bonds. The van der Waals surface area contributed by atoms with E-state index < -0.39 is 0 Å². The third kappa shape index (κ3) is 3.14. The molecule has 4 heteroatoms. The average Bonchev–Trinajstić information content (AvgIpc) is 2.09. The molecule has 72 valence electrons. The van der Waals surface area contributed by atoms with Gasteiger partial charge in [-0.2, -0.15) is 11.8 Å². The summed E-state index contributed by atoms with van der Waals surface area (Å²) < 4.78 is 0. The molecule has 0 spiro atoms. The van der Waals surface area contributed by atoms with Crippen molar-refractivity contribution in [1.82, 2.24) is 4.98 Å². The molecule has 1 aromatic heterocycles. The Morgan fingerprint density at radius 3 is 3.08 bits per heavy atom. The van der Waals surface area contributed by atoms with Crippen LogP contribution in [0, 0.1) is 0 Å². The van der Waals surface area contributed by atoms with E-state index in [1.165, 1.54) is 0 Å². The summed E-state index contributed by atoms with van der Waals surface area (Å²) in [4.78, 5) is 3.93. The molecule has 0 aliphatic rings. The van der Waals surface area contributed by atoms with E-state index in [4.69, 9.17) is 5.73 Å². The molecule has 0 radical (unpaired) electrons. The van der Waals surface area contributed by atoms with E-state index in [-0.39, 0.29) is 0 Å². The lowest BCUT2D eigenvalue weighted by molar-refractivity contribution is 0.914. The number of nitrogens with two attached hydrogens (primary N) is 1. The van der Waals surface area contributed by atoms with Gasteiger partial charge in [0.25, 0.3) is 0 Å². The SMILES string of the molecule is CSCC(C)Nc1ccncc1N. The third-order valence-electron chi connectivity index (χ3n) is 1.67. The summed E-state index contributed by atoms with van der Waals surface area (Å²) in [6.45, 7) is 2.14. The van der Waals surface area contributed by atoms with Crippen molar-refractivity contribution in [3.8, 4) is 0 Å². The quantitative estimate of drug-likeness (QED) is 0.773. The second-order valence-corrected chi connectivity index (χ2v) is 3.87. The van der Waals surface area contributed by atoms with E-state index in [0.717, 1.165) is 11.4 Å². The average molecular weight is 197 g/mol. The van der Waals surface area contributed by atoms with Gasteiger partial charge in [-0.1, -0.05) is 0 Å². The van der Waals surface area contributed by atoms with Crippen LogP contribution in [0.1, 0.15) is 6.92 Å². The van der Waals surface area contributed by atoms with Crippen LogP contribution < -0.4 is 11.1 Å². The third-order valence-corrected chi connectivity index (χ3v) is 2.50. The highest BCUT2D eigenvalue weighted by Gasteiger charge is 2.02. The topological polar surface area (TPSA) is 50.9 Å². The zero-order valence-electron chi connectivity index (χ0n) is 7.95. The largest absolute Gasteiger partial charge is 0.396 e. The first-order valence-corrected chi connectivity index (χ1v) is 5.58. The number of hydrogen-bond donors (Lipinski definition) is 2. The van der Waals surface area contributed by atoms with E-state index in [1.807, 2.05) is 17.8 Å². The number of nitrogens with one attached hydrogen (secondary N) is 1. The molecule has 1 aromatic rings. The molecule has 0 aliphatic carbocycles. The summed E-state index contributed by atoms with van der Waals surface area (Å²) in [5.74, 6) is 1.07. The molecule has 0 bridgehead atoms. The van der Waals surface area contributed by atoms with Gasteiger partial charge in [0.1, 0.15) is 0 Å². The Kier molecular flexibility index (Phi) is 3.89. The molecule has 0 aliphatic heterocycles. The zero-order chi connectivity index (χ0) is 9.68. The van der Waals surface area contributed by atoms with Crippen molar-refractivity contribution in [3.63, 3.8) is 0 Å². The summed E-state index contributed by atoms with van der Waals surface area (Å²) >= 11 is 1.82. The number of hydrogen-bond acceptors (Lipinski definition) is 4. The van der Waals surface area contributed by atoms with Crippen molar-refractivity contribution >= 4 is 23.1 Å². The maximum atomic E-state index is 5.73. The molecular weight excluding hydrogens is 182 g/mol. The maximum Gasteiger partial charge on any atom is 0.0736 e. The summed E-state index contributed by atoms with van der Waals surface area (Å²) in [6, 6.07) is 2.33. The Morgan fingerprint density at radius 1 is 1.69 bits per heavy atom. The minimum Gasteiger partial charge on any atom is -0.396 e. The van der Waals surface area contributed by atoms with Gasteiger partial charge < -0.3 is 11.1 Å². The molecule has 3 N–H and O–H groups in total. The van der Waals surface area contributed by atoms with Crippen LogP contribution in [0.2, 0.25) is 0 Å². The lowest BCUT2D eigenvalue weighted by Crippen LogP contribution is -2.18. The van der Waals surface area contributed by atoms with E-state index in [0.29, 0.717) is 11.7 Å². The van der Waals surface area contributed by atoms with Crippen molar-refractivity contribution in [2.75, 3.05) is 23.1 Å². The van der Waals surface area contributed by atoms with Crippen molar-refractivity contribution in [2.24, 2.45) is 0 Å². The molecule has 0 saturated carbocycles. The van der Waals surface area contributed by atoms with E-state index in [2.05, 4.69) is 23.5 Å². The van der Waals surface area contributed by atoms with E-state index >= 15 is 0 Å². The van der Waals surface area contributed by atoms with Crippen LogP contribution in [0.4, 0.5) is 11.4 Å². The van der Waals surface area contributed by atoms with Crippen LogP contribution in [0.3, 0.4) is 0 Å². The summed E-state index contributed by atoms with van der Waals surface area (Å²) in [5.41, 5.74) is 7.41. The molecule has 1 atom stereocenters. The summed E-state index contributed by atoms with van der Waals surface area (Å²) in [6.07, 6.45) is 5.49. The van der Waals surface area contributed by atoms with Crippen LogP contribution in [-0.4, -0.2) is 23.0 Å². The van der Waals surface area contributed by atoms with Crippen LogP contribution in [-0.2, 0) is 0 Å². The molecular formula is C9H15N3S. The predicted molar refractivity (Wildman–Crippen MR) is 60.1 cm³/mol. The highest BCUT2D eigenvalue weighted by Crippen LogP contribution is 2.16. The maximum absolute atomic E-state index is 5.73. The predicted octanol–water partition coefficient (Wildman–Crippen LogP) is 1.83. The second-order valence-electron chi connectivity index (χ2n) is 2.96. The van der Waals surface area contributed by atoms with Crippen molar-refractivity contribution < 1.29 is 0 Å². The zero-order valence-corrected chi connectivity index (χ0v) is 8.77. The Balaban J connectivity index is 2.58. The molecule has 13 heavy (non-hydrogen) atoms. The molecule has 1 heterocycles.